The highest BCUT2D eigenvalue weighted by atomic mass is 19.4. The molecule has 0 atom stereocenters. The smallest absolute Gasteiger partial charge is 0.435 e. The fourth-order valence-electron chi connectivity index (χ4n) is 1.45. The SMILES string of the molecule is FC(F)Cn1nc(C(F)(F)F)cc1-c1ccco1. The van der Waals surface area contributed by atoms with Crippen LogP contribution >= 0.6 is 0 Å². The molecule has 98 valence electrons. The normalized spacial score (nSPS) is 12.3. The van der Waals surface area contributed by atoms with Gasteiger partial charge in [-0.05, 0) is 18.2 Å². The maximum absolute atomic E-state index is 12.5. The predicted octanol–water partition coefficient (Wildman–Crippen LogP) is 3.43. The van der Waals surface area contributed by atoms with Crippen molar-refractivity contribution in [3.05, 3.63) is 30.2 Å². The Morgan fingerprint density at radius 1 is 1.33 bits per heavy atom. The Morgan fingerprint density at radius 2 is 2.06 bits per heavy atom. The summed E-state index contributed by atoms with van der Waals surface area (Å²) >= 11 is 0. The Kier molecular flexibility index (Phi) is 3.10. The molecule has 0 unspecified atom stereocenters. The molecule has 0 aliphatic heterocycles. The van der Waals surface area contributed by atoms with Gasteiger partial charge in [0.15, 0.2) is 11.5 Å². The van der Waals surface area contributed by atoms with Crippen molar-refractivity contribution in [2.45, 2.75) is 19.1 Å². The number of halogens is 5. The number of furan rings is 1. The molecule has 0 aliphatic carbocycles. The molecule has 0 saturated carbocycles. The van der Waals surface area contributed by atoms with Crippen molar-refractivity contribution in [2.24, 2.45) is 0 Å². The molecule has 2 rings (SSSR count). The molecular formula is C10H7F5N2O. The van der Waals surface area contributed by atoms with Gasteiger partial charge in [0.1, 0.15) is 12.2 Å². The molecule has 0 N–H and O–H groups in total. The van der Waals surface area contributed by atoms with Crippen LogP contribution in [0.25, 0.3) is 11.5 Å². The lowest BCUT2D eigenvalue weighted by Crippen LogP contribution is -2.12. The summed E-state index contributed by atoms with van der Waals surface area (Å²) in [7, 11) is 0. The van der Waals surface area contributed by atoms with Crippen LogP contribution in [0, 0.1) is 0 Å². The summed E-state index contributed by atoms with van der Waals surface area (Å²) in [6.07, 6.45) is -6.25. The fourth-order valence-corrected chi connectivity index (χ4v) is 1.45. The molecule has 0 amide bonds. The summed E-state index contributed by atoms with van der Waals surface area (Å²) in [6, 6.07) is 3.50. The van der Waals surface area contributed by atoms with Gasteiger partial charge in [0.05, 0.1) is 6.26 Å². The second-order valence-corrected chi connectivity index (χ2v) is 3.46. The zero-order valence-corrected chi connectivity index (χ0v) is 8.79. The van der Waals surface area contributed by atoms with Gasteiger partial charge in [-0.3, -0.25) is 4.68 Å². The zero-order valence-electron chi connectivity index (χ0n) is 8.79. The molecule has 0 saturated heterocycles. The maximum Gasteiger partial charge on any atom is 0.435 e. The third kappa shape index (κ3) is 2.52. The van der Waals surface area contributed by atoms with E-state index in [-0.39, 0.29) is 11.5 Å². The van der Waals surface area contributed by atoms with Crippen LogP contribution in [0.1, 0.15) is 5.69 Å². The lowest BCUT2D eigenvalue weighted by atomic mass is 10.3. The first kappa shape index (κ1) is 12.6. The lowest BCUT2D eigenvalue weighted by molar-refractivity contribution is -0.141. The minimum atomic E-state index is -4.69. The average molecular weight is 266 g/mol. The van der Waals surface area contributed by atoms with E-state index in [0.717, 1.165) is 0 Å². The first-order valence-electron chi connectivity index (χ1n) is 4.85. The largest absolute Gasteiger partial charge is 0.463 e. The van der Waals surface area contributed by atoms with Crippen LogP contribution in [0.4, 0.5) is 22.0 Å². The van der Waals surface area contributed by atoms with Crippen LogP contribution < -0.4 is 0 Å². The standard InChI is InChI=1S/C10H7F5N2O/c11-9(12)5-17-6(7-2-1-3-18-7)4-8(16-17)10(13,14)15/h1-4,9H,5H2. The number of aromatic nitrogens is 2. The van der Waals surface area contributed by atoms with Gasteiger partial charge in [0, 0.05) is 0 Å². The summed E-state index contributed by atoms with van der Waals surface area (Å²) in [5, 5.41) is 3.13. The molecule has 2 heterocycles. The number of hydrogen-bond donors (Lipinski definition) is 0. The Balaban J connectivity index is 2.46. The summed E-state index contributed by atoms with van der Waals surface area (Å²) in [4.78, 5) is 0. The highest BCUT2D eigenvalue weighted by Crippen LogP contribution is 2.32. The Morgan fingerprint density at radius 3 is 2.56 bits per heavy atom. The zero-order chi connectivity index (χ0) is 13.3. The minimum absolute atomic E-state index is 0.0543. The highest BCUT2D eigenvalue weighted by molar-refractivity contribution is 5.53. The molecule has 0 spiro atoms. The van der Waals surface area contributed by atoms with Crippen LogP contribution in [0.3, 0.4) is 0 Å². The molecular weight excluding hydrogens is 259 g/mol. The van der Waals surface area contributed by atoms with Gasteiger partial charge in [-0.25, -0.2) is 8.78 Å². The topological polar surface area (TPSA) is 31.0 Å². The van der Waals surface area contributed by atoms with E-state index >= 15 is 0 Å². The van der Waals surface area contributed by atoms with Gasteiger partial charge in [-0.2, -0.15) is 18.3 Å². The summed E-state index contributed by atoms with van der Waals surface area (Å²) in [5.74, 6) is 0.0543. The van der Waals surface area contributed by atoms with Crippen molar-refractivity contribution < 1.29 is 26.4 Å². The van der Waals surface area contributed by atoms with Gasteiger partial charge >= 0.3 is 6.18 Å². The van der Waals surface area contributed by atoms with Gasteiger partial charge in [0.2, 0.25) is 0 Å². The molecule has 2 aromatic heterocycles. The van der Waals surface area contributed by atoms with Crippen molar-refractivity contribution in [2.75, 3.05) is 0 Å². The Hall–Kier alpha value is -1.86. The van der Waals surface area contributed by atoms with Gasteiger partial charge < -0.3 is 4.42 Å². The molecule has 8 heteroatoms. The molecule has 0 aliphatic rings. The fraction of sp³-hybridized carbons (Fsp3) is 0.300. The van der Waals surface area contributed by atoms with E-state index in [1.54, 1.807) is 0 Å². The van der Waals surface area contributed by atoms with Crippen LogP contribution in [0.5, 0.6) is 0 Å². The summed E-state index contributed by atoms with van der Waals surface area (Å²) < 4.78 is 67.4. The van der Waals surface area contributed by atoms with Crippen LogP contribution in [-0.2, 0) is 12.7 Å². The monoisotopic (exact) mass is 266 g/mol. The molecule has 0 fully saturated rings. The van der Waals surface area contributed by atoms with Gasteiger partial charge in [-0.1, -0.05) is 0 Å². The molecule has 3 nitrogen and oxygen atoms in total. The summed E-state index contributed by atoms with van der Waals surface area (Å²) in [5.41, 5.74) is -1.36. The number of hydrogen-bond acceptors (Lipinski definition) is 2. The first-order chi connectivity index (χ1) is 8.38. The van der Waals surface area contributed by atoms with Crippen molar-refractivity contribution in [1.82, 2.24) is 9.78 Å². The van der Waals surface area contributed by atoms with E-state index in [9.17, 15) is 22.0 Å². The van der Waals surface area contributed by atoms with Crippen LogP contribution in [-0.4, -0.2) is 16.2 Å². The van der Waals surface area contributed by atoms with E-state index in [1.807, 2.05) is 0 Å². The van der Waals surface area contributed by atoms with Crippen molar-refractivity contribution >= 4 is 0 Å². The third-order valence-electron chi connectivity index (χ3n) is 2.15. The number of nitrogens with zero attached hydrogens (tertiary/aromatic N) is 2. The molecule has 18 heavy (non-hydrogen) atoms. The first-order valence-corrected chi connectivity index (χ1v) is 4.85. The molecule has 0 aromatic carbocycles. The highest BCUT2D eigenvalue weighted by Gasteiger charge is 2.35. The van der Waals surface area contributed by atoms with E-state index in [2.05, 4.69) is 5.10 Å². The Labute approximate surface area is 97.8 Å². The minimum Gasteiger partial charge on any atom is -0.463 e. The molecule has 2 aromatic rings. The van der Waals surface area contributed by atoms with E-state index in [1.165, 1.54) is 18.4 Å². The second-order valence-electron chi connectivity index (χ2n) is 3.46. The predicted molar refractivity (Wildman–Crippen MR) is 50.9 cm³/mol. The van der Waals surface area contributed by atoms with Crippen LogP contribution in [0.15, 0.2) is 28.9 Å². The van der Waals surface area contributed by atoms with Crippen molar-refractivity contribution in [3.8, 4) is 11.5 Å². The maximum atomic E-state index is 12.5. The van der Waals surface area contributed by atoms with Crippen molar-refractivity contribution in [1.29, 1.82) is 0 Å². The second kappa shape index (κ2) is 4.43. The van der Waals surface area contributed by atoms with E-state index in [4.69, 9.17) is 4.42 Å². The quantitative estimate of drug-likeness (QED) is 0.797. The van der Waals surface area contributed by atoms with Gasteiger partial charge in [0.25, 0.3) is 6.43 Å². The number of rotatable bonds is 3. The number of alkyl halides is 5. The van der Waals surface area contributed by atoms with Crippen LogP contribution in [0.2, 0.25) is 0 Å². The van der Waals surface area contributed by atoms with E-state index < -0.39 is 24.8 Å². The lowest BCUT2D eigenvalue weighted by Gasteiger charge is -2.04. The Bertz CT molecular complexity index is 515. The molecule has 0 bridgehead atoms. The third-order valence-corrected chi connectivity index (χ3v) is 2.15. The average Bonchev–Trinajstić information content (AvgIpc) is 2.81. The van der Waals surface area contributed by atoms with Gasteiger partial charge in [-0.15, -0.1) is 0 Å². The van der Waals surface area contributed by atoms with Crippen molar-refractivity contribution in [3.63, 3.8) is 0 Å². The summed E-state index contributed by atoms with van der Waals surface area (Å²) in [6.45, 7) is -0.924. The van der Waals surface area contributed by atoms with E-state index in [0.29, 0.717) is 10.7 Å². The molecule has 0 radical (unpaired) electrons.